The minimum Gasteiger partial charge on any atom is -0.488 e. The zero-order valence-electron chi connectivity index (χ0n) is 15.2. The highest BCUT2D eigenvalue weighted by atomic mass is 35.5. The smallest absolute Gasteiger partial charge is 0.232 e. The van der Waals surface area contributed by atoms with Gasteiger partial charge >= 0.3 is 0 Å². The molecular weight excluding hydrogens is 399 g/mol. The summed E-state index contributed by atoms with van der Waals surface area (Å²) in [5.41, 5.74) is 3.02. The van der Waals surface area contributed by atoms with E-state index >= 15 is 0 Å². The minimum atomic E-state index is -0.394. The maximum atomic E-state index is 13.2. The van der Waals surface area contributed by atoms with E-state index in [-0.39, 0.29) is 12.4 Å². The molecule has 0 radical (unpaired) electrons. The van der Waals surface area contributed by atoms with E-state index in [4.69, 9.17) is 21.1 Å². The van der Waals surface area contributed by atoms with Crippen molar-refractivity contribution >= 4 is 34.8 Å². The first kappa shape index (κ1) is 18.7. The number of allylic oxidation sites excluding steroid dienone is 1. The Balaban J connectivity index is 1.58. The summed E-state index contributed by atoms with van der Waals surface area (Å²) in [7, 11) is 0. The van der Waals surface area contributed by atoms with Crippen molar-refractivity contribution in [2.24, 2.45) is 0 Å². The van der Waals surface area contributed by atoms with Gasteiger partial charge in [-0.3, -0.25) is 4.79 Å². The van der Waals surface area contributed by atoms with Crippen molar-refractivity contribution in [1.82, 2.24) is 0 Å². The lowest BCUT2D eigenvalue weighted by Crippen LogP contribution is -1.99. The van der Waals surface area contributed by atoms with Gasteiger partial charge in [-0.05, 0) is 55.1 Å². The van der Waals surface area contributed by atoms with E-state index in [1.807, 2.05) is 25.3 Å². The average molecular weight is 415 g/mol. The Hall–Kier alpha value is -2.63. The van der Waals surface area contributed by atoms with Gasteiger partial charge < -0.3 is 9.47 Å². The Labute approximate surface area is 171 Å². The number of fused-ring (bicyclic) bond motifs is 1. The SMILES string of the molecule is Cc1ccsc1/C=C1\Oc2c(ccc(OCc3ccc(F)cc3Cl)c2C)C1=O. The van der Waals surface area contributed by atoms with Gasteiger partial charge in [-0.15, -0.1) is 11.3 Å². The molecule has 3 aromatic rings. The molecule has 0 aliphatic carbocycles. The third kappa shape index (κ3) is 3.43. The Kier molecular flexibility index (Phi) is 4.96. The van der Waals surface area contributed by atoms with Gasteiger partial charge in [0.15, 0.2) is 5.76 Å². The number of hydrogen-bond acceptors (Lipinski definition) is 4. The van der Waals surface area contributed by atoms with Crippen LogP contribution < -0.4 is 9.47 Å². The first-order valence-electron chi connectivity index (χ1n) is 8.62. The van der Waals surface area contributed by atoms with Crippen LogP contribution in [0.25, 0.3) is 6.08 Å². The van der Waals surface area contributed by atoms with E-state index in [1.165, 1.54) is 12.1 Å². The van der Waals surface area contributed by atoms with Gasteiger partial charge in [0.25, 0.3) is 0 Å². The van der Waals surface area contributed by atoms with Gasteiger partial charge in [0.2, 0.25) is 5.78 Å². The van der Waals surface area contributed by atoms with Gasteiger partial charge in [0.05, 0.1) is 10.6 Å². The zero-order valence-corrected chi connectivity index (χ0v) is 16.8. The van der Waals surface area contributed by atoms with Gasteiger partial charge in [-0.2, -0.15) is 0 Å². The number of Topliss-reactive ketones (excluding diaryl/α,β-unsaturated/α-hetero) is 1. The summed E-state index contributed by atoms with van der Waals surface area (Å²) < 4.78 is 24.9. The zero-order chi connectivity index (χ0) is 19.8. The molecule has 0 atom stereocenters. The predicted molar refractivity (Wildman–Crippen MR) is 109 cm³/mol. The summed E-state index contributed by atoms with van der Waals surface area (Å²) in [6.45, 7) is 4.02. The lowest BCUT2D eigenvalue weighted by Gasteiger charge is -2.12. The topological polar surface area (TPSA) is 35.5 Å². The fourth-order valence-electron chi connectivity index (χ4n) is 2.97. The lowest BCUT2D eigenvalue weighted by molar-refractivity contribution is 0.101. The third-order valence-corrected chi connectivity index (χ3v) is 5.92. The number of halogens is 2. The molecule has 0 N–H and O–H groups in total. The van der Waals surface area contributed by atoms with Crippen LogP contribution in [0.4, 0.5) is 4.39 Å². The summed E-state index contributed by atoms with van der Waals surface area (Å²) in [6.07, 6.45) is 1.78. The van der Waals surface area contributed by atoms with Gasteiger partial charge in [-0.1, -0.05) is 17.7 Å². The highest BCUT2D eigenvalue weighted by Gasteiger charge is 2.30. The van der Waals surface area contributed by atoms with Crippen LogP contribution in [0.3, 0.4) is 0 Å². The number of rotatable bonds is 4. The van der Waals surface area contributed by atoms with Crippen molar-refractivity contribution in [1.29, 1.82) is 0 Å². The highest BCUT2D eigenvalue weighted by Crippen LogP contribution is 2.40. The number of hydrogen-bond donors (Lipinski definition) is 0. The Morgan fingerprint density at radius 3 is 2.75 bits per heavy atom. The van der Waals surface area contributed by atoms with Crippen LogP contribution in [0, 0.1) is 19.7 Å². The summed E-state index contributed by atoms with van der Waals surface area (Å²) in [4.78, 5) is 13.7. The summed E-state index contributed by atoms with van der Waals surface area (Å²) in [5, 5.41) is 2.29. The van der Waals surface area contributed by atoms with Crippen LogP contribution in [0.1, 0.15) is 31.9 Å². The van der Waals surface area contributed by atoms with E-state index in [0.717, 1.165) is 16.0 Å². The molecule has 0 saturated carbocycles. The molecule has 6 heteroatoms. The molecule has 3 nitrogen and oxygen atoms in total. The van der Waals surface area contributed by atoms with Gasteiger partial charge in [-0.25, -0.2) is 4.39 Å². The van der Waals surface area contributed by atoms with Crippen molar-refractivity contribution in [3.05, 3.63) is 85.5 Å². The first-order valence-corrected chi connectivity index (χ1v) is 9.88. The molecule has 0 fully saturated rings. The molecule has 28 heavy (non-hydrogen) atoms. The van der Waals surface area contributed by atoms with Crippen LogP contribution in [-0.4, -0.2) is 5.78 Å². The van der Waals surface area contributed by atoms with Gasteiger partial charge in [0.1, 0.15) is 23.9 Å². The molecule has 0 saturated heterocycles. The molecule has 2 aromatic carbocycles. The van der Waals surface area contributed by atoms with Crippen molar-refractivity contribution < 1.29 is 18.7 Å². The number of carbonyl (C=O) groups excluding carboxylic acids is 1. The van der Waals surface area contributed by atoms with Crippen molar-refractivity contribution in [2.75, 3.05) is 0 Å². The second kappa shape index (κ2) is 7.41. The average Bonchev–Trinajstić information content (AvgIpc) is 3.20. The number of ether oxygens (including phenoxy) is 2. The second-order valence-corrected chi connectivity index (χ2v) is 7.85. The molecule has 1 aliphatic heterocycles. The predicted octanol–water partition coefficient (Wildman–Crippen LogP) is 6.35. The molecule has 1 aromatic heterocycles. The van der Waals surface area contributed by atoms with Crippen LogP contribution in [0.5, 0.6) is 11.5 Å². The van der Waals surface area contributed by atoms with Crippen molar-refractivity contribution in [3.8, 4) is 11.5 Å². The van der Waals surface area contributed by atoms with Crippen molar-refractivity contribution in [3.63, 3.8) is 0 Å². The Bertz CT molecular complexity index is 1120. The largest absolute Gasteiger partial charge is 0.488 e. The molecule has 0 bridgehead atoms. The third-order valence-electron chi connectivity index (χ3n) is 4.60. The van der Waals surface area contributed by atoms with Crippen LogP contribution >= 0.6 is 22.9 Å². The molecular formula is C22H16ClFO3S. The highest BCUT2D eigenvalue weighted by molar-refractivity contribution is 7.11. The van der Waals surface area contributed by atoms with Crippen LogP contribution in [-0.2, 0) is 6.61 Å². The number of aryl methyl sites for hydroxylation is 1. The molecule has 142 valence electrons. The van der Waals surface area contributed by atoms with Crippen LogP contribution in [0.15, 0.2) is 47.5 Å². The number of ketones is 1. The molecule has 1 aliphatic rings. The maximum Gasteiger partial charge on any atom is 0.232 e. The molecule has 0 spiro atoms. The van der Waals surface area contributed by atoms with E-state index < -0.39 is 5.82 Å². The second-order valence-electron chi connectivity index (χ2n) is 6.50. The lowest BCUT2D eigenvalue weighted by atomic mass is 10.1. The molecule has 4 rings (SSSR count). The van der Waals surface area contributed by atoms with Crippen molar-refractivity contribution in [2.45, 2.75) is 20.5 Å². The molecule has 0 unspecified atom stereocenters. The fraction of sp³-hybridized carbons (Fsp3) is 0.136. The van der Waals surface area contributed by atoms with E-state index in [2.05, 4.69) is 0 Å². The Morgan fingerprint density at radius 1 is 1.21 bits per heavy atom. The normalized spacial score (nSPS) is 14.3. The molecule has 2 heterocycles. The van der Waals surface area contributed by atoms with Gasteiger partial charge in [0, 0.05) is 22.1 Å². The minimum absolute atomic E-state index is 0.140. The Morgan fingerprint density at radius 2 is 2.04 bits per heavy atom. The quantitative estimate of drug-likeness (QED) is 0.466. The van der Waals surface area contributed by atoms with E-state index in [0.29, 0.717) is 33.4 Å². The maximum absolute atomic E-state index is 13.2. The number of carbonyl (C=O) groups is 1. The van der Waals surface area contributed by atoms with Crippen LogP contribution in [0.2, 0.25) is 5.02 Å². The molecule has 0 amide bonds. The van der Waals surface area contributed by atoms with E-state index in [1.54, 1.807) is 35.6 Å². The standard InChI is InChI=1S/C22H16ClFO3S/c1-12-7-8-28-20(12)10-19-21(25)16-5-6-18(13(2)22(16)27-19)26-11-14-3-4-15(24)9-17(14)23/h3-10H,11H2,1-2H3/b19-10-. The number of benzene rings is 2. The summed E-state index contributed by atoms with van der Waals surface area (Å²) in [5.74, 6) is 0.865. The monoisotopic (exact) mass is 414 g/mol. The summed E-state index contributed by atoms with van der Waals surface area (Å²) in [6, 6.07) is 9.62. The number of thiophene rings is 1. The summed E-state index contributed by atoms with van der Waals surface area (Å²) >= 11 is 7.61. The van der Waals surface area contributed by atoms with E-state index in [9.17, 15) is 9.18 Å². The first-order chi connectivity index (χ1) is 13.4. The fourth-order valence-corrected chi connectivity index (χ4v) is 4.04.